The number of carbonyl (C=O) groups excluding carboxylic acids is 1. The van der Waals surface area contributed by atoms with Crippen molar-refractivity contribution in [2.24, 2.45) is 0 Å². The molecule has 0 radical (unpaired) electrons. The average Bonchev–Trinajstić information content (AvgIpc) is 2.27. The van der Waals surface area contributed by atoms with E-state index in [0.29, 0.717) is 19.8 Å². The molecule has 0 atom stereocenters. The maximum absolute atomic E-state index is 11.9. The van der Waals surface area contributed by atoms with E-state index in [1.807, 2.05) is 39.0 Å². The van der Waals surface area contributed by atoms with Crippen molar-refractivity contribution in [1.82, 2.24) is 5.32 Å². The van der Waals surface area contributed by atoms with Crippen LogP contribution >= 0.6 is 0 Å². The number of rotatable bonds is 6. The molecule has 1 amide bonds. The minimum Gasteiger partial charge on any atom is -0.375 e. The molecule has 0 aliphatic rings. The summed E-state index contributed by atoms with van der Waals surface area (Å²) in [6.45, 7) is 11.2. The summed E-state index contributed by atoms with van der Waals surface area (Å²) in [5, 5.41) is 2.84. The van der Waals surface area contributed by atoms with Gasteiger partial charge in [-0.25, -0.2) is 0 Å². The van der Waals surface area contributed by atoms with Gasteiger partial charge in [0.15, 0.2) is 0 Å². The van der Waals surface area contributed by atoms with Crippen LogP contribution in [0, 0.1) is 13.8 Å². The predicted octanol–water partition coefficient (Wildman–Crippen LogP) is 2.63. The Balaban J connectivity index is 2.39. The normalized spacial score (nSPS) is 10.2. The molecular weight excluding hydrogens is 226 g/mol. The first kappa shape index (κ1) is 14.5. The van der Waals surface area contributed by atoms with Crippen LogP contribution < -0.4 is 5.32 Å². The van der Waals surface area contributed by atoms with E-state index >= 15 is 0 Å². The van der Waals surface area contributed by atoms with E-state index in [4.69, 9.17) is 4.74 Å². The van der Waals surface area contributed by atoms with Crippen LogP contribution in [0.15, 0.2) is 30.4 Å². The molecule has 0 heterocycles. The average molecular weight is 247 g/mol. The molecule has 0 spiro atoms. The van der Waals surface area contributed by atoms with Gasteiger partial charge in [-0.3, -0.25) is 4.79 Å². The molecule has 3 heteroatoms. The van der Waals surface area contributed by atoms with Gasteiger partial charge in [-0.15, -0.1) is 0 Å². The second-order valence-corrected chi connectivity index (χ2v) is 4.58. The first-order chi connectivity index (χ1) is 8.50. The zero-order chi connectivity index (χ0) is 13.5. The Morgan fingerprint density at radius 2 is 2.11 bits per heavy atom. The Morgan fingerprint density at radius 1 is 1.39 bits per heavy atom. The zero-order valence-electron chi connectivity index (χ0n) is 11.4. The summed E-state index contributed by atoms with van der Waals surface area (Å²) in [6, 6.07) is 5.81. The highest BCUT2D eigenvalue weighted by molar-refractivity contribution is 5.95. The summed E-state index contributed by atoms with van der Waals surface area (Å²) >= 11 is 0. The molecule has 1 aromatic carbocycles. The predicted molar refractivity (Wildman–Crippen MR) is 73.9 cm³/mol. The first-order valence-electron chi connectivity index (χ1n) is 6.08. The van der Waals surface area contributed by atoms with Crippen LogP contribution in [0.4, 0.5) is 0 Å². The highest BCUT2D eigenvalue weighted by Gasteiger charge is 2.07. The third kappa shape index (κ3) is 4.72. The van der Waals surface area contributed by atoms with Gasteiger partial charge in [0.1, 0.15) is 0 Å². The monoisotopic (exact) mass is 247 g/mol. The fourth-order valence-corrected chi connectivity index (χ4v) is 1.65. The summed E-state index contributed by atoms with van der Waals surface area (Å²) < 4.78 is 5.32. The van der Waals surface area contributed by atoms with Gasteiger partial charge in [0.2, 0.25) is 0 Å². The maximum atomic E-state index is 11.9. The van der Waals surface area contributed by atoms with Gasteiger partial charge < -0.3 is 10.1 Å². The highest BCUT2D eigenvalue weighted by atomic mass is 16.5. The molecule has 0 aromatic heterocycles. The Bertz CT molecular complexity index is 438. The van der Waals surface area contributed by atoms with Crippen LogP contribution in [-0.2, 0) is 4.74 Å². The molecular formula is C15H21NO2. The van der Waals surface area contributed by atoms with Gasteiger partial charge in [-0.1, -0.05) is 29.8 Å². The third-order valence-electron chi connectivity index (χ3n) is 2.51. The Kier molecular flexibility index (Phi) is 5.59. The number of nitrogens with one attached hydrogen (secondary N) is 1. The maximum Gasteiger partial charge on any atom is 0.251 e. The van der Waals surface area contributed by atoms with Crippen LogP contribution in [0.2, 0.25) is 0 Å². The number of hydrogen-bond donors (Lipinski definition) is 1. The standard InChI is InChI=1S/C15H21NO2/c1-11(2)10-18-8-7-16-15(17)14-6-5-12(3)9-13(14)4/h5-6,9H,1,7-8,10H2,2-4H3,(H,16,17). The van der Waals surface area contributed by atoms with Crippen molar-refractivity contribution in [1.29, 1.82) is 0 Å². The molecule has 0 unspecified atom stereocenters. The first-order valence-corrected chi connectivity index (χ1v) is 6.08. The molecule has 18 heavy (non-hydrogen) atoms. The van der Waals surface area contributed by atoms with Crippen molar-refractivity contribution in [3.05, 3.63) is 47.0 Å². The van der Waals surface area contributed by atoms with Gasteiger partial charge in [0.05, 0.1) is 13.2 Å². The summed E-state index contributed by atoms with van der Waals surface area (Å²) in [7, 11) is 0. The summed E-state index contributed by atoms with van der Waals surface area (Å²) in [6.07, 6.45) is 0. The topological polar surface area (TPSA) is 38.3 Å². The van der Waals surface area contributed by atoms with E-state index in [2.05, 4.69) is 11.9 Å². The molecule has 1 N–H and O–H groups in total. The van der Waals surface area contributed by atoms with E-state index < -0.39 is 0 Å². The molecule has 1 aromatic rings. The Labute approximate surface area is 109 Å². The van der Waals surface area contributed by atoms with E-state index in [0.717, 1.165) is 22.3 Å². The van der Waals surface area contributed by atoms with Crippen molar-refractivity contribution < 1.29 is 9.53 Å². The molecule has 98 valence electrons. The lowest BCUT2D eigenvalue weighted by Crippen LogP contribution is -2.28. The second-order valence-electron chi connectivity index (χ2n) is 4.58. The molecule has 1 rings (SSSR count). The fraction of sp³-hybridized carbons (Fsp3) is 0.400. The van der Waals surface area contributed by atoms with Crippen LogP contribution in [0.3, 0.4) is 0 Å². The number of hydrogen-bond acceptors (Lipinski definition) is 2. The quantitative estimate of drug-likeness (QED) is 0.620. The number of amides is 1. The van der Waals surface area contributed by atoms with Crippen molar-refractivity contribution in [3.8, 4) is 0 Å². The smallest absolute Gasteiger partial charge is 0.251 e. The zero-order valence-corrected chi connectivity index (χ0v) is 11.4. The van der Waals surface area contributed by atoms with E-state index in [-0.39, 0.29) is 5.91 Å². The molecule has 0 aliphatic carbocycles. The van der Waals surface area contributed by atoms with Gasteiger partial charge in [0.25, 0.3) is 5.91 Å². The number of ether oxygens (including phenoxy) is 1. The van der Waals surface area contributed by atoms with Gasteiger partial charge in [0, 0.05) is 12.1 Å². The molecule has 0 fully saturated rings. The summed E-state index contributed by atoms with van der Waals surface area (Å²) in [4.78, 5) is 11.9. The van der Waals surface area contributed by atoms with E-state index in [1.54, 1.807) is 0 Å². The molecule has 0 bridgehead atoms. The summed E-state index contributed by atoms with van der Waals surface area (Å²) in [5.41, 5.74) is 3.86. The molecule has 0 saturated heterocycles. The lowest BCUT2D eigenvalue weighted by atomic mass is 10.1. The lowest BCUT2D eigenvalue weighted by molar-refractivity contribution is 0.0926. The van der Waals surface area contributed by atoms with Crippen molar-refractivity contribution in [2.45, 2.75) is 20.8 Å². The number of aryl methyl sites for hydroxylation is 2. The Hall–Kier alpha value is -1.61. The van der Waals surface area contributed by atoms with Gasteiger partial charge >= 0.3 is 0 Å². The van der Waals surface area contributed by atoms with Crippen molar-refractivity contribution in [3.63, 3.8) is 0 Å². The number of carbonyl (C=O) groups is 1. The molecule has 0 saturated carbocycles. The van der Waals surface area contributed by atoms with Gasteiger partial charge in [-0.2, -0.15) is 0 Å². The van der Waals surface area contributed by atoms with Crippen molar-refractivity contribution in [2.75, 3.05) is 19.8 Å². The minimum atomic E-state index is -0.0496. The summed E-state index contributed by atoms with van der Waals surface area (Å²) in [5.74, 6) is -0.0496. The van der Waals surface area contributed by atoms with Crippen molar-refractivity contribution >= 4 is 5.91 Å². The molecule has 0 aliphatic heterocycles. The van der Waals surface area contributed by atoms with Gasteiger partial charge in [-0.05, 0) is 32.4 Å². The largest absolute Gasteiger partial charge is 0.375 e. The fourth-order valence-electron chi connectivity index (χ4n) is 1.65. The number of benzene rings is 1. The van der Waals surface area contributed by atoms with Crippen LogP contribution in [0.5, 0.6) is 0 Å². The third-order valence-corrected chi connectivity index (χ3v) is 2.51. The van der Waals surface area contributed by atoms with Crippen LogP contribution in [0.1, 0.15) is 28.4 Å². The van der Waals surface area contributed by atoms with Crippen LogP contribution in [0.25, 0.3) is 0 Å². The SMILES string of the molecule is C=C(C)COCCNC(=O)c1ccc(C)cc1C. The minimum absolute atomic E-state index is 0.0496. The Morgan fingerprint density at radius 3 is 2.72 bits per heavy atom. The van der Waals surface area contributed by atoms with Crippen LogP contribution in [-0.4, -0.2) is 25.7 Å². The van der Waals surface area contributed by atoms with E-state index in [1.165, 1.54) is 0 Å². The molecule has 3 nitrogen and oxygen atoms in total. The lowest BCUT2D eigenvalue weighted by Gasteiger charge is -2.09. The second kappa shape index (κ2) is 6.97. The van der Waals surface area contributed by atoms with E-state index in [9.17, 15) is 4.79 Å². The highest BCUT2D eigenvalue weighted by Crippen LogP contribution is 2.10.